The molecule has 1 aromatic heterocycles. The fourth-order valence-corrected chi connectivity index (χ4v) is 3.89. The summed E-state index contributed by atoms with van der Waals surface area (Å²) in [7, 11) is 1.61. The third-order valence-corrected chi connectivity index (χ3v) is 5.54. The maximum Gasteiger partial charge on any atom is 0.274 e. The number of hydrogen-bond acceptors (Lipinski definition) is 5. The van der Waals surface area contributed by atoms with Crippen molar-refractivity contribution < 1.29 is 14.3 Å². The van der Waals surface area contributed by atoms with Gasteiger partial charge in [0, 0.05) is 55.3 Å². The number of Topliss-reactive ketones (excluding diaryl/α,β-unsaturated/α-hetero) is 1. The molecule has 2 aliphatic heterocycles. The maximum atomic E-state index is 12.9. The molecule has 142 valence electrons. The molecule has 1 amide bonds. The molecule has 0 radical (unpaired) electrons. The highest BCUT2D eigenvalue weighted by Crippen LogP contribution is 2.25. The highest BCUT2D eigenvalue weighted by atomic mass is 16.5. The number of H-pyrrole nitrogens is 1. The predicted molar refractivity (Wildman–Crippen MR) is 100.0 cm³/mol. The molecule has 7 heteroatoms. The number of rotatable bonds is 4. The fourth-order valence-electron chi connectivity index (χ4n) is 3.89. The van der Waals surface area contributed by atoms with Crippen LogP contribution in [0.5, 0.6) is 5.75 Å². The van der Waals surface area contributed by atoms with Gasteiger partial charge in [-0.15, -0.1) is 0 Å². The lowest BCUT2D eigenvalue weighted by molar-refractivity contribution is 0.0644. The monoisotopic (exact) mass is 368 g/mol. The van der Waals surface area contributed by atoms with Gasteiger partial charge in [0.2, 0.25) is 0 Å². The zero-order valence-corrected chi connectivity index (χ0v) is 15.5. The second kappa shape index (κ2) is 7.52. The van der Waals surface area contributed by atoms with Crippen molar-refractivity contribution in [3.05, 3.63) is 46.8 Å². The molecule has 27 heavy (non-hydrogen) atoms. The Morgan fingerprint density at radius 1 is 1.19 bits per heavy atom. The molecule has 0 aliphatic carbocycles. The van der Waals surface area contributed by atoms with Crippen molar-refractivity contribution in [3.8, 4) is 5.75 Å². The average Bonchev–Trinajstić information content (AvgIpc) is 3.17. The summed E-state index contributed by atoms with van der Waals surface area (Å²) >= 11 is 0. The SMILES string of the molecule is COc1ccc(C(=O)C2CCN(C(=O)c3n[nH]c4c3CNCC4)CC2)cc1. The summed E-state index contributed by atoms with van der Waals surface area (Å²) < 4.78 is 5.14. The smallest absolute Gasteiger partial charge is 0.274 e. The standard InChI is InChI=1S/C20H24N4O3/c1-27-15-4-2-13(3-5-15)19(25)14-7-10-24(11-8-14)20(26)18-16-12-21-9-6-17(16)22-23-18/h2-5,14,21H,6-12H2,1H3,(H,22,23). The Hall–Kier alpha value is -2.67. The molecule has 0 atom stereocenters. The lowest BCUT2D eigenvalue weighted by Crippen LogP contribution is -2.41. The topological polar surface area (TPSA) is 87.3 Å². The van der Waals surface area contributed by atoms with Crippen LogP contribution < -0.4 is 10.1 Å². The summed E-state index contributed by atoms with van der Waals surface area (Å²) in [6.07, 6.45) is 2.23. The van der Waals surface area contributed by atoms with E-state index in [9.17, 15) is 9.59 Å². The number of likely N-dealkylation sites (tertiary alicyclic amines) is 1. The van der Waals surface area contributed by atoms with Crippen molar-refractivity contribution in [1.82, 2.24) is 20.4 Å². The minimum Gasteiger partial charge on any atom is -0.497 e. The summed E-state index contributed by atoms with van der Waals surface area (Å²) in [5, 5.41) is 10.5. The number of aromatic amines is 1. The Morgan fingerprint density at radius 2 is 1.93 bits per heavy atom. The average molecular weight is 368 g/mol. The van der Waals surface area contributed by atoms with Crippen LogP contribution in [0.25, 0.3) is 0 Å². The summed E-state index contributed by atoms with van der Waals surface area (Å²) in [5.41, 5.74) is 3.27. The van der Waals surface area contributed by atoms with E-state index in [2.05, 4.69) is 15.5 Å². The Bertz CT molecular complexity index is 835. The number of aromatic nitrogens is 2. The van der Waals surface area contributed by atoms with Crippen LogP contribution in [0.3, 0.4) is 0 Å². The second-order valence-electron chi connectivity index (χ2n) is 7.12. The van der Waals surface area contributed by atoms with Crippen LogP contribution in [0.15, 0.2) is 24.3 Å². The first kappa shape index (κ1) is 17.7. The summed E-state index contributed by atoms with van der Waals surface area (Å²) in [5.74, 6) is 0.804. The van der Waals surface area contributed by atoms with E-state index in [1.165, 1.54) is 0 Å². The molecule has 1 fully saturated rings. The first-order chi connectivity index (χ1) is 13.2. The molecule has 2 N–H and O–H groups in total. The van der Waals surface area contributed by atoms with Gasteiger partial charge in [-0.3, -0.25) is 14.7 Å². The number of nitrogens with zero attached hydrogens (tertiary/aromatic N) is 2. The molecular formula is C20H24N4O3. The number of amides is 1. The van der Waals surface area contributed by atoms with Crippen molar-refractivity contribution in [3.63, 3.8) is 0 Å². The number of nitrogens with one attached hydrogen (secondary N) is 2. The highest BCUT2D eigenvalue weighted by molar-refractivity contribution is 5.98. The van der Waals surface area contributed by atoms with Gasteiger partial charge in [-0.1, -0.05) is 0 Å². The van der Waals surface area contributed by atoms with E-state index in [0.29, 0.717) is 43.7 Å². The van der Waals surface area contributed by atoms with E-state index in [1.54, 1.807) is 19.2 Å². The zero-order valence-electron chi connectivity index (χ0n) is 15.5. The Morgan fingerprint density at radius 3 is 2.63 bits per heavy atom. The van der Waals surface area contributed by atoms with Gasteiger partial charge < -0.3 is 15.0 Å². The maximum absolute atomic E-state index is 12.9. The number of benzene rings is 1. The van der Waals surface area contributed by atoms with Gasteiger partial charge in [0.05, 0.1) is 7.11 Å². The second-order valence-corrected chi connectivity index (χ2v) is 7.12. The Balaban J connectivity index is 1.39. The Kier molecular flexibility index (Phi) is 4.94. The van der Waals surface area contributed by atoms with Crippen LogP contribution in [0, 0.1) is 5.92 Å². The lowest BCUT2D eigenvalue weighted by atomic mass is 9.88. The number of carbonyl (C=O) groups is 2. The normalized spacial score (nSPS) is 17.4. The molecule has 1 aromatic carbocycles. The van der Waals surface area contributed by atoms with Crippen LogP contribution in [0.1, 0.15) is 44.9 Å². The van der Waals surface area contributed by atoms with Gasteiger partial charge in [-0.25, -0.2) is 0 Å². The van der Waals surface area contributed by atoms with E-state index in [0.717, 1.165) is 30.0 Å². The van der Waals surface area contributed by atoms with Crippen molar-refractivity contribution in [2.75, 3.05) is 26.7 Å². The molecular weight excluding hydrogens is 344 g/mol. The molecule has 0 saturated carbocycles. The molecule has 4 rings (SSSR count). The van der Waals surface area contributed by atoms with E-state index in [-0.39, 0.29) is 17.6 Å². The summed E-state index contributed by atoms with van der Waals surface area (Å²) in [4.78, 5) is 27.4. The number of methoxy groups -OCH3 is 1. The fraction of sp³-hybridized carbons (Fsp3) is 0.450. The van der Waals surface area contributed by atoms with Gasteiger partial charge >= 0.3 is 0 Å². The van der Waals surface area contributed by atoms with Crippen molar-refractivity contribution in [2.45, 2.75) is 25.8 Å². The van der Waals surface area contributed by atoms with E-state index in [1.807, 2.05) is 17.0 Å². The van der Waals surface area contributed by atoms with Crippen LogP contribution in [-0.4, -0.2) is 53.5 Å². The van der Waals surface area contributed by atoms with Crippen LogP contribution >= 0.6 is 0 Å². The molecule has 2 aromatic rings. The van der Waals surface area contributed by atoms with Gasteiger partial charge in [0.15, 0.2) is 11.5 Å². The summed E-state index contributed by atoms with van der Waals surface area (Å²) in [6.45, 7) is 2.75. The quantitative estimate of drug-likeness (QED) is 0.804. The van der Waals surface area contributed by atoms with Gasteiger partial charge in [-0.2, -0.15) is 5.10 Å². The predicted octanol–water partition coefficient (Wildman–Crippen LogP) is 1.80. The number of ether oxygens (including phenoxy) is 1. The third kappa shape index (κ3) is 3.47. The minimum absolute atomic E-state index is 0.0356. The molecule has 0 bridgehead atoms. The molecule has 0 spiro atoms. The van der Waals surface area contributed by atoms with Crippen molar-refractivity contribution in [2.24, 2.45) is 5.92 Å². The zero-order chi connectivity index (χ0) is 18.8. The molecule has 0 unspecified atom stereocenters. The summed E-state index contributed by atoms with van der Waals surface area (Å²) in [6, 6.07) is 7.23. The molecule has 1 saturated heterocycles. The number of carbonyl (C=O) groups excluding carboxylic acids is 2. The van der Waals surface area contributed by atoms with Crippen molar-refractivity contribution >= 4 is 11.7 Å². The molecule has 7 nitrogen and oxygen atoms in total. The van der Waals surface area contributed by atoms with E-state index >= 15 is 0 Å². The Labute approximate surface area is 158 Å². The number of ketones is 1. The number of fused-ring (bicyclic) bond motifs is 1. The number of hydrogen-bond donors (Lipinski definition) is 2. The first-order valence-corrected chi connectivity index (χ1v) is 9.41. The molecule has 3 heterocycles. The van der Waals surface area contributed by atoms with Crippen molar-refractivity contribution in [1.29, 1.82) is 0 Å². The van der Waals surface area contributed by atoms with E-state index < -0.39 is 0 Å². The van der Waals surface area contributed by atoms with Crippen LogP contribution in [-0.2, 0) is 13.0 Å². The van der Waals surface area contributed by atoms with Gasteiger partial charge in [0.1, 0.15) is 5.75 Å². The number of piperidine rings is 1. The third-order valence-electron chi connectivity index (χ3n) is 5.54. The largest absolute Gasteiger partial charge is 0.497 e. The van der Waals surface area contributed by atoms with Crippen LogP contribution in [0.2, 0.25) is 0 Å². The van der Waals surface area contributed by atoms with Gasteiger partial charge in [-0.05, 0) is 37.1 Å². The van der Waals surface area contributed by atoms with Crippen LogP contribution in [0.4, 0.5) is 0 Å². The molecule has 2 aliphatic rings. The minimum atomic E-state index is -0.0442. The highest BCUT2D eigenvalue weighted by Gasteiger charge is 2.31. The first-order valence-electron chi connectivity index (χ1n) is 9.41. The van der Waals surface area contributed by atoms with Gasteiger partial charge in [0.25, 0.3) is 5.91 Å². The lowest BCUT2D eigenvalue weighted by Gasteiger charge is -2.31. The van der Waals surface area contributed by atoms with E-state index in [4.69, 9.17) is 4.74 Å².